The summed E-state index contributed by atoms with van der Waals surface area (Å²) < 4.78 is 19.4. The number of amides is 2. The standard InChI is InChI=1S/C37H41Cl2N5O7/c1-37(2)20-50-10-9-43(37)36(48)34-30-19-51-32-18-31(49-3)28(17-29(32)35(30)44(42-34)25-13-22(38)12-23(39)14-25)21-5-4-6-24(11-21)41-33(47)16-27(46)15-26(45)7-8-40/h4-6,11-14,17-18,26-27,45-46H,7-10,15-16,19-20,40H2,1-3H3,(H,41,47)/t26-,27-/m1/s1. The number of nitrogens with zero attached hydrogens (tertiary/aromatic N) is 3. The van der Waals surface area contributed by atoms with Crippen molar-refractivity contribution in [3.63, 3.8) is 0 Å². The highest BCUT2D eigenvalue weighted by atomic mass is 35.5. The van der Waals surface area contributed by atoms with Crippen LogP contribution in [0.25, 0.3) is 28.1 Å². The van der Waals surface area contributed by atoms with Crippen LogP contribution in [0.3, 0.4) is 0 Å². The van der Waals surface area contributed by atoms with Crippen LogP contribution in [0.15, 0.2) is 54.6 Å². The summed E-state index contributed by atoms with van der Waals surface area (Å²) in [5, 5.41) is 28.8. The molecule has 0 bridgehead atoms. The summed E-state index contributed by atoms with van der Waals surface area (Å²) in [4.78, 5) is 28.8. The molecule has 0 unspecified atom stereocenters. The van der Waals surface area contributed by atoms with E-state index in [1.54, 1.807) is 59.2 Å². The second-order valence-electron chi connectivity index (χ2n) is 13.3. The minimum absolute atomic E-state index is 0.0521. The lowest BCUT2D eigenvalue weighted by molar-refractivity contribution is -0.118. The number of halogens is 2. The van der Waals surface area contributed by atoms with Gasteiger partial charge in [-0.25, -0.2) is 4.68 Å². The minimum atomic E-state index is -1.02. The van der Waals surface area contributed by atoms with Crippen LogP contribution in [0.1, 0.15) is 49.2 Å². The molecule has 3 heterocycles. The number of nitrogens with two attached hydrogens (primary N) is 1. The molecule has 14 heteroatoms. The first-order chi connectivity index (χ1) is 24.4. The first-order valence-corrected chi connectivity index (χ1v) is 17.4. The van der Waals surface area contributed by atoms with Crippen LogP contribution in [-0.2, 0) is 16.1 Å². The van der Waals surface area contributed by atoms with Crippen molar-refractivity contribution in [2.45, 2.75) is 57.5 Å². The summed E-state index contributed by atoms with van der Waals surface area (Å²) in [5.74, 6) is 0.404. The van der Waals surface area contributed by atoms with Crippen LogP contribution >= 0.6 is 23.2 Å². The van der Waals surface area contributed by atoms with Gasteiger partial charge in [-0.05, 0) is 75.2 Å². The van der Waals surface area contributed by atoms with Crippen LogP contribution in [0.2, 0.25) is 10.0 Å². The zero-order chi connectivity index (χ0) is 36.4. The fourth-order valence-corrected chi connectivity index (χ4v) is 7.07. The van der Waals surface area contributed by atoms with Gasteiger partial charge in [0.1, 0.15) is 18.1 Å². The molecule has 6 rings (SSSR count). The quantitative estimate of drug-likeness (QED) is 0.157. The van der Waals surface area contributed by atoms with E-state index in [0.29, 0.717) is 81.5 Å². The van der Waals surface area contributed by atoms with Crippen molar-refractivity contribution in [2.24, 2.45) is 5.73 Å². The molecule has 1 fully saturated rings. The first-order valence-electron chi connectivity index (χ1n) is 16.7. The number of morpholine rings is 1. The third-order valence-corrected chi connectivity index (χ3v) is 9.46. The molecule has 1 saturated heterocycles. The van der Waals surface area contributed by atoms with Gasteiger partial charge in [0.2, 0.25) is 5.91 Å². The Labute approximate surface area is 306 Å². The Bertz CT molecular complexity index is 1930. The van der Waals surface area contributed by atoms with Gasteiger partial charge in [0, 0.05) is 45.0 Å². The molecule has 2 amide bonds. The molecule has 4 aromatic rings. The number of rotatable bonds is 11. The number of hydrogen-bond donors (Lipinski definition) is 4. The van der Waals surface area contributed by atoms with Gasteiger partial charge in [-0.2, -0.15) is 5.10 Å². The van der Waals surface area contributed by atoms with E-state index in [4.69, 9.17) is 48.2 Å². The van der Waals surface area contributed by atoms with Crippen molar-refractivity contribution in [3.05, 3.63) is 75.9 Å². The summed E-state index contributed by atoms with van der Waals surface area (Å²) in [6.45, 7) is 5.52. The molecule has 0 radical (unpaired) electrons. The fourth-order valence-electron chi connectivity index (χ4n) is 6.55. The van der Waals surface area contributed by atoms with Crippen LogP contribution in [0.5, 0.6) is 11.5 Å². The highest BCUT2D eigenvalue weighted by molar-refractivity contribution is 6.34. The van der Waals surface area contributed by atoms with Crippen LogP contribution in [-0.4, -0.2) is 87.9 Å². The number of carbonyl (C=O) groups is 2. The van der Waals surface area contributed by atoms with Crippen molar-refractivity contribution < 1.29 is 34.0 Å². The van der Waals surface area contributed by atoms with Crippen LogP contribution < -0.4 is 20.5 Å². The number of aliphatic hydroxyl groups is 2. The average Bonchev–Trinajstić information content (AvgIpc) is 3.47. The fraction of sp³-hybridized carbons (Fsp3) is 0.378. The Hall–Kier alpha value is -4.17. The monoisotopic (exact) mass is 737 g/mol. The van der Waals surface area contributed by atoms with Gasteiger partial charge in [-0.1, -0.05) is 35.3 Å². The molecule has 0 saturated carbocycles. The molecule has 0 spiro atoms. The number of anilines is 1. The summed E-state index contributed by atoms with van der Waals surface area (Å²) in [5.41, 5.74) is 9.57. The van der Waals surface area contributed by atoms with E-state index in [-0.39, 0.29) is 37.6 Å². The Balaban J connectivity index is 1.41. The molecular weight excluding hydrogens is 697 g/mol. The Morgan fingerprint density at radius 2 is 1.84 bits per heavy atom. The molecule has 270 valence electrons. The van der Waals surface area contributed by atoms with Crippen LogP contribution in [0.4, 0.5) is 5.69 Å². The lowest BCUT2D eigenvalue weighted by Gasteiger charge is -2.41. The lowest BCUT2D eigenvalue weighted by Crippen LogP contribution is -2.55. The molecule has 2 aliphatic heterocycles. The van der Waals surface area contributed by atoms with E-state index >= 15 is 0 Å². The highest BCUT2D eigenvalue weighted by Gasteiger charge is 2.39. The Morgan fingerprint density at radius 1 is 1.08 bits per heavy atom. The zero-order valence-electron chi connectivity index (χ0n) is 28.6. The molecule has 12 nitrogen and oxygen atoms in total. The smallest absolute Gasteiger partial charge is 0.275 e. The number of fused-ring (bicyclic) bond motifs is 3. The van der Waals surface area contributed by atoms with Gasteiger partial charge in [-0.15, -0.1) is 0 Å². The number of benzene rings is 3. The number of aliphatic hydroxyl groups excluding tert-OH is 2. The second kappa shape index (κ2) is 15.2. The summed E-state index contributed by atoms with van der Waals surface area (Å²) in [6.07, 6.45) is -1.59. The van der Waals surface area contributed by atoms with E-state index in [1.165, 1.54) is 0 Å². The predicted octanol–water partition coefficient (Wildman–Crippen LogP) is 5.45. The van der Waals surface area contributed by atoms with E-state index in [1.807, 2.05) is 26.0 Å². The van der Waals surface area contributed by atoms with E-state index in [0.717, 1.165) is 5.56 Å². The molecule has 0 aliphatic carbocycles. The van der Waals surface area contributed by atoms with Crippen molar-refractivity contribution in [3.8, 4) is 39.6 Å². The van der Waals surface area contributed by atoms with Gasteiger partial charge in [0.05, 0.1) is 55.9 Å². The average molecular weight is 739 g/mol. The Morgan fingerprint density at radius 3 is 2.55 bits per heavy atom. The third-order valence-electron chi connectivity index (χ3n) is 9.02. The topological polar surface area (TPSA) is 161 Å². The number of aromatic nitrogens is 2. The maximum Gasteiger partial charge on any atom is 0.275 e. The van der Waals surface area contributed by atoms with Crippen molar-refractivity contribution >= 4 is 40.7 Å². The number of methoxy groups -OCH3 is 1. The Kier molecular flexibility index (Phi) is 10.9. The van der Waals surface area contributed by atoms with E-state index in [9.17, 15) is 19.8 Å². The van der Waals surface area contributed by atoms with Crippen molar-refractivity contribution in [2.75, 3.05) is 38.7 Å². The summed E-state index contributed by atoms with van der Waals surface area (Å²) >= 11 is 12.9. The number of carbonyl (C=O) groups excluding carboxylic acids is 2. The number of nitrogens with one attached hydrogen (secondary N) is 1. The lowest BCUT2D eigenvalue weighted by atomic mass is 9.95. The van der Waals surface area contributed by atoms with E-state index in [2.05, 4.69) is 5.32 Å². The third kappa shape index (κ3) is 7.86. The van der Waals surface area contributed by atoms with Gasteiger partial charge in [0.15, 0.2) is 5.69 Å². The number of hydrogen-bond acceptors (Lipinski definition) is 9. The molecule has 3 aromatic carbocycles. The molecule has 2 aliphatic rings. The van der Waals surface area contributed by atoms with Crippen molar-refractivity contribution in [1.82, 2.24) is 14.7 Å². The molecule has 2 atom stereocenters. The highest BCUT2D eigenvalue weighted by Crippen LogP contribution is 2.47. The summed E-state index contributed by atoms with van der Waals surface area (Å²) in [6, 6.07) is 16.0. The van der Waals surface area contributed by atoms with Crippen molar-refractivity contribution in [1.29, 1.82) is 0 Å². The number of ether oxygens (including phenoxy) is 3. The maximum absolute atomic E-state index is 14.2. The molecule has 5 N–H and O–H groups in total. The van der Waals surface area contributed by atoms with E-state index < -0.39 is 23.7 Å². The maximum atomic E-state index is 14.2. The molecule has 1 aromatic heterocycles. The van der Waals surface area contributed by atoms with Gasteiger partial charge >= 0.3 is 0 Å². The largest absolute Gasteiger partial charge is 0.496 e. The SMILES string of the molecule is COc1cc2c(cc1-c1cccc(NC(=O)C[C@H](O)C[C@H](O)CCN)c1)-c1c(c(C(=O)N3CCOCC3(C)C)nn1-c1cc(Cl)cc(Cl)c1)CO2. The normalized spacial score (nSPS) is 16.0. The second-order valence-corrected chi connectivity index (χ2v) is 14.2. The first kappa shape index (κ1) is 36.6. The van der Waals surface area contributed by atoms with Gasteiger partial charge in [0.25, 0.3) is 5.91 Å². The van der Waals surface area contributed by atoms with Gasteiger partial charge < -0.3 is 40.4 Å². The predicted molar refractivity (Wildman–Crippen MR) is 195 cm³/mol. The summed E-state index contributed by atoms with van der Waals surface area (Å²) in [7, 11) is 1.56. The molecular formula is C37H41Cl2N5O7. The minimum Gasteiger partial charge on any atom is -0.496 e. The van der Waals surface area contributed by atoms with Crippen LogP contribution in [0, 0.1) is 0 Å². The van der Waals surface area contributed by atoms with Gasteiger partial charge in [-0.3, -0.25) is 9.59 Å². The zero-order valence-corrected chi connectivity index (χ0v) is 30.1. The molecule has 51 heavy (non-hydrogen) atoms.